The molecular weight excluding hydrogens is 302 g/mol. The van der Waals surface area contributed by atoms with Crippen molar-refractivity contribution in [2.45, 2.75) is 32.6 Å². The molecule has 1 fully saturated rings. The Hall–Kier alpha value is -1.99. The van der Waals surface area contributed by atoms with Crippen LogP contribution in [0.5, 0.6) is 5.75 Å². The summed E-state index contributed by atoms with van der Waals surface area (Å²) in [5.74, 6) is 3.90. The molecule has 1 aliphatic heterocycles. The summed E-state index contributed by atoms with van der Waals surface area (Å²) in [6, 6.07) is 7.46. The van der Waals surface area contributed by atoms with E-state index in [0.717, 1.165) is 56.7 Å². The van der Waals surface area contributed by atoms with Crippen LogP contribution in [0.3, 0.4) is 0 Å². The van der Waals surface area contributed by atoms with E-state index < -0.39 is 0 Å². The first kappa shape index (κ1) is 18.4. The Morgan fingerprint density at radius 2 is 2.00 bits per heavy atom. The van der Waals surface area contributed by atoms with Crippen LogP contribution < -0.4 is 4.74 Å². The minimum atomic E-state index is 0.0955. The molecule has 0 aromatic heterocycles. The lowest BCUT2D eigenvalue weighted by atomic mass is 9.97. The molecule has 1 aromatic rings. The molecule has 0 spiro atoms. The molecule has 0 N–H and O–H groups in total. The number of likely N-dealkylation sites (tertiary alicyclic amines) is 1. The van der Waals surface area contributed by atoms with Crippen molar-refractivity contribution in [3.8, 4) is 18.1 Å². The van der Waals surface area contributed by atoms with E-state index in [4.69, 9.17) is 15.9 Å². The molecule has 0 bridgehead atoms. The second kappa shape index (κ2) is 10.00. The van der Waals surface area contributed by atoms with Crippen molar-refractivity contribution in [1.29, 1.82) is 0 Å². The van der Waals surface area contributed by atoms with E-state index >= 15 is 0 Å². The third kappa shape index (κ3) is 5.58. The van der Waals surface area contributed by atoms with Crippen LogP contribution in [0.2, 0.25) is 0 Å². The number of unbranched alkanes of at least 4 members (excludes halogenated alkanes) is 1. The van der Waals surface area contributed by atoms with Crippen LogP contribution in [-0.2, 0) is 4.74 Å². The van der Waals surface area contributed by atoms with Gasteiger partial charge in [-0.05, 0) is 49.4 Å². The van der Waals surface area contributed by atoms with Gasteiger partial charge in [-0.25, -0.2) is 0 Å². The summed E-state index contributed by atoms with van der Waals surface area (Å²) in [7, 11) is 0. The van der Waals surface area contributed by atoms with E-state index in [0.29, 0.717) is 19.1 Å². The Kier molecular flexibility index (Phi) is 7.64. The topological polar surface area (TPSA) is 38.8 Å². The van der Waals surface area contributed by atoms with Crippen molar-refractivity contribution >= 4 is 5.91 Å². The average Bonchev–Trinajstić information content (AvgIpc) is 2.63. The van der Waals surface area contributed by atoms with Crippen LogP contribution in [0, 0.1) is 18.3 Å². The highest BCUT2D eigenvalue weighted by molar-refractivity contribution is 5.94. The number of benzene rings is 1. The first-order valence-corrected chi connectivity index (χ1v) is 8.78. The lowest BCUT2D eigenvalue weighted by molar-refractivity contribution is 0.0582. The predicted octanol–water partition coefficient (Wildman–Crippen LogP) is 3.37. The Morgan fingerprint density at radius 3 is 2.62 bits per heavy atom. The maximum atomic E-state index is 12.6. The highest BCUT2D eigenvalue weighted by Crippen LogP contribution is 2.20. The summed E-state index contributed by atoms with van der Waals surface area (Å²) in [5, 5.41) is 0. The molecule has 2 rings (SSSR count). The second-order valence-corrected chi connectivity index (χ2v) is 6.18. The van der Waals surface area contributed by atoms with Gasteiger partial charge in [-0.3, -0.25) is 4.79 Å². The van der Waals surface area contributed by atoms with Crippen LogP contribution in [0.15, 0.2) is 24.3 Å². The van der Waals surface area contributed by atoms with E-state index in [1.165, 1.54) is 0 Å². The van der Waals surface area contributed by atoms with Crippen molar-refractivity contribution in [3.63, 3.8) is 0 Å². The first-order chi connectivity index (χ1) is 11.7. The van der Waals surface area contributed by atoms with Gasteiger partial charge in [-0.1, -0.05) is 19.3 Å². The highest BCUT2D eigenvalue weighted by Gasteiger charge is 2.23. The number of hydrogen-bond acceptors (Lipinski definition) is 3. The molecule has 4 heteroatoms. The number of terminal acetylenes is 1. The molecule has 4 nitrogen and oxygen atoms in total. The third-order valence-corrected chi connectivity index (χ3v) is 4.31. The minimum Gasteiger partial charge on any atom is -0.494 e. The monoisotopic (exact) mass is 329 g/mol. The summed E-state index contributed by atoms with van der Waals surface area (Å²) >= 11 is 0. The van der Waals surface area contributed by atoms with Gasteiger partial charge in [0, 0.05) is 18.7 Å². The van der Waals surface area contributed by atoms with Crippen LogP contribution in [-0.4, -0.2) is 43.7 Å². The molecule has 1 heterocycles. The average molecular weight is 329 g/mol. The molecule has 1 aromatic carbocycles. The molecule has 0 atom stereocenters. The van der Waals surface area contributed by atoms with Gasteiger partial charge in [0.15, 0.2) is 0 Å². The van der Waals surface area contributed by atoms with Crippen molar-refractivity contribution < 1.29 is 14.3 Å². The quantitative estimate of drug-likeness (QED) is 0.542. The molecule has 24 heavy (non-hydrogen) atoms. The van der Waals surface area contributed by atoms with Gasteiger partial charge >= 0.3 is 0 Å². The molecule has 130 valence electrons. The molecule has 0 unspecified atom stereocenters. The lowest BCUT2D eigenvalue weighted by Crippen LogP contribution is -2.39. The molecule has 0 saturated carbocycles. The Labute approximate surface area is 145 Å². The van der Waals surface area contributed by atoms with E-state index in [9.17, 15) is 4.79 Å². The van der Waals surface area contributed by atoms with Crippen molar-refractivity contribution in [3.05, 3.63) is 29.8 Å². The zero-order valence-electron chi connectivity index (χ0n) is 14.5. The smallest absolute Gasteiger partial charge is 0.253 e. The largest absolute Gasteiger partial charge is 0.494 e. The van der Waals surface area contributed by atoms with Crippen LogP contribution in [0.4, 0.5) is 0 Å². The van der Waals surface area contributed by atoms with Crippen molar-refractivity contribution in [1.82, 2.24) is 4.90 Å². The van der Waals surface area contributed by atoms with Crippen molar-refractivity contribution in [2.24, 2.45) is 5.92 Å². The Morgan fingerprint density at radius 1 is 1.29 bits per heavy atom. The van der Waals surface area contributed by atoms with Gasteiger partial charge in [0.2, 0.25) is 0 Å². The fourth-order valence-electron chi connectivity index (χ4n) is 2.80. The Balaban J connectivity index is 1.79. The van der Waals surface area contributed by atoms with Crippen LogP contribution >= 0.6 is 0 Å². The first-order valence-electron chi connectivity index (χ1n) is 8.78. The summed E-state index contributed by atoms with van der Waals surface area (Å²) in [4.78, 5) is 14.5. The lowest BCUT2D eigenvalue weighted by Gasteiger charge is -2.31. The van der Waals surface area contributed by atoms with Crippen molar-refractivity contribution in [2.75, 3.05) is 32.9 Å². The zero-order valence-corrected chi connectivity index (χ0v) is 14.5. The SMILES string of the molecule is C#CCOCC1CCN(C(=O)c2ccc(OCCCC)cc2)CC1. The second-order valence-electron chi connectivity index (χ2n) is 6.18. The predicted molar refractivity (Wildman–Crippen MR) is 95.1 cm³/mol. The van der Waals surface area contributed by atoms with E-state index in [1.54, 1.807) is 0 Å². The van der Waals surface area contributed by atoms with E-state index in [2.05, 4.69) is 12.8 Å². The van der Waals surface area contributed by atoms with Gasteiger partial charge in [0.05, 0.1) is 13.2 Å². The fraction of sp³-hybridized carbons (Fsp3) is 0.550. The third-order valence-electron chi connectivity index (χ3n) is 4.31. The normalized spacial score (nSPS) is 15.1. The summed E-state index contributed by atoms with van der Waals surface area (Å²) in [5.41, 5.74) is 0.722. The number of hydrogen-bond donors (Lipinski definition) is 0. The molecule has 1 saturated heterocycles. The molecule has 1 amide bonds. The maximum absolute atomic E-state index is 12.6. The summed E-state index contributed by atoms with van der Waals surface area (Å²) in [6.07, 6.45) is 9.27. The van der Waals surface area contributed by atoms with Gasteiger partial charge < -0.3 is 14.4 Å². The Bertz CT molecular complexity index is 539. The number of ether oxygens (including phenoxy) is 2. The number of amides is 1. The van der Waals surface area contributed by atoms with Gasteiger partial charge in [0.1, 0.15) is 12.4 Å². The number of carbonyl (C=O) groups is 1. The highest BCUT2D eigenvalue weighted by atomic mass is 16.5. The van der Waals surface area contributed by atoms with Gasteiger partial charge in [-0.2, -0.15) is 0 Å². The summed E-state index contributed by atoms with van der Waals surface area (Å²) in [6.45, 7) is 5.46. The maximum Gasteiger partial charge on any atom is 0.253 e. The van der Waals surface area contributed by atoms with E-state index in [-0.39, 0.29) is 5.91 Å². The van der Waals surface area contributed by atoms with Gasteiger partial charge in [-0.15, -0.1) is 6.42 Å². The molecule has 0 aliphatic carbocycles. The fourth-order valence-corrected chi connectivity index (χ4v) is 2.80. The van der Waals surface area contributed by atoms with Crippen LogP contribution in [0.25, 0.3) is 0 Å². The number of nitrogens with zero attached hydrogens (tertiary/aromatic N) is 1. The number of rotatable bonds is 8. The zero-order chi connectivity index (χ0) is 17.2. The molecular formula is C20H27NO3. The van der Waals surface area contributed by atoms with E-state index in [1.807, 2.05) is 29.2 Å². The van der Waals surface area contributed by atoms with Gasteiger partial charge in [0.25, 0.3) is 5.91 Å². The minimum absolute atomic E-state index is 0.0955. The molecule has 1 aliphatic rings. The summed E-state index contributed by atoms with van der Waals surface area (Å²) < 4.78 is 11.0. The standard InChI is InChI=1S/C20H27NO3/c1-3-5-15-24-19-8-6-18(7-9-19)20(22)21-12-10-17(11-13-21)16-23-14-4-2/h2,6-9,17H,3,5,10-16H2,1H3. The van der Waals surface area contributed by atoms with Crippen LogP contribution in [0.1, 0.15) is 43.0 Å². The number of piperidine rings is 1. The molecule has 0 radical (unpaired) electrons. The number of carbonyl (C=O) groups excluding carboxylic acids is 1.